The number of fused-ring (bicyclic) bond motifs is 3. The Bertz CT molecular complexity index is 1580. The first-order valence-electron chi connectivity index (χ1n) is 11.2. The third-order valence-electron chi connectivity index (χ3n) is 6.22. The molecular weight excluding hydrogens is 469 g/mol. The van der Waals surface area contributed by atoms with Crippen molar-refractivity contribution in [2.45, 2.75) is 13.8 Å². The molecule has 3 aromatic heterocycles. The predicted octanol–water partition coefficient (Wildman–Crippen LogP) is 5.52. The molecule has 6 rings (SSSR count). The van der Waals surface area contributed by atoms with Crippen LogP contribution in [0.4, 0.5) is 4.39 Å². The van der Waals surface area contributed by atoms with Gasteiger partial charge in [-0.15, -0.1) is 10.2 Å². The Kier molecular flexibility index (Phi) is 5.16. The molecule has 1 aliphatic heterocycles. The SMILES string of the molecule is Cc1nc(-c2cc(OCC3(C)COC3)ccc2Cl)n2c1nnc1ccc(-c3ccc(F)nc3)cc12. The van der Waals surface area contributed by atoms with Gasteiger partial charge >= 0.3 is 0 Å². The second-order valence-corrected chi connectivity index (χ2v) is 9.59. The van der Waals surface area contributed by atoms with E-state index < -0.39 is 5.95 Å². The van der Waals surface area contributed by atoms with Gasteiger partial charge in [0.2, 0.25) is 5.95 Å². The molecule has 9 heteroatoms. The summed E-state index contributed by atoms with van der Waals surface area (Å²) >= 11 is 6.65. The van der Waals surface area contributed by atoms with E-state index in [9.17, 15) is 4.39 Å². The summed E-state index contributed by atoms with van der Waals surface area (Å²) < 4.78 is 26.7. The molecule has 176 valence electrons. The molecule has 4 heterocycles. The van der Waals surface area contributed by atoms with Crippen LogP contribution in [0.3, 0.4) is 0 Å². The molecule has 1 saturated heterocycles. The number of pyridine rings is 1. The van der Waals surface area contributed by atoms with E-state index in [-0.39, 0.29) is 5.41 Å². The van der Waals surface area contributed by atoms with Gasteiger partial charge in [-0.05, 0) is 55.0 Å². The van der Waals surface area contributed by atoms with Crippen molar-refractivity contribution in [2.75, 3.05) is 19.8 Å². The standard InChI is InChI=1S/C26H21ClFN5O2/c1-15-24-32-31-21-7-3-16(17-4-8-23(28)29-11-17)9-22(21)33(24)25(30-15)19-10-18(5-6-20(19)27)35-14-26(2)12-34-13-26/h3-11H,12-14H2,1-2H3. The lowest BCUT2D eigenvalue weighted by atomic mass is 9.90. The number of hydrogen-bond acceptors (Lipinski definition) is 6. The van der Waals surface area contributed by atoms with E-state index in [4.69, 9.17) is 26.1 Å². The van der Waals surface area contributed by atoms with Crippen LogP contribution in [0.25, 0.3) is 39.2 Å². The number of rotatable bonds is 5. The number of ether oxygens (including phenoxy) is 2. The zero-order valence-electron chi connectivity index (χ0n) is 19.1. The summed E-state index contributed by atoms with van der Waals surface area (Å²) in [4.78, 5) is 8.58. The summed E-state index contributed by atoms with van der Waals surface area (Å²) in [6, 6.07) is 14.4. The molecule has 0 N–H and O–H groups in total. The highest BCUT2D eigenvalue weighted by Crippen LogP contribution is 2.35. The quantitative estimate of drug-likeness (QED) is 0.302. The van der Waals surface area contributed by atoms with E-state index in [2.05, 4.69) is 22.1 Å². The summed E-state index contributed by atoms with van der Waals surface area (Å²) in [5.74, 6) is 0.822. The topological polar surface area (TPSA) is 74.4 Å². The maximum atomic E-state index is 13.4. The van der Waals surface area contributed by atoms with Gasteiger partial charge in [0.1, 0.15) is 17.1 Å². The minimum Gasteiger partial charge on any atom is -0.493 e. The number of hydrogen-bond donors (Lipinski definition) is 0. The maximum Gasteiger partial charge on any atom is 0.212 e. The lowest BCUT2D eigenvalue weighted by Gasteiger charge is -2.37. The first kappa shape index (κ1) is 21.9. The fourth-order valence-electron chi connectivity index (χ4n) is 4.22. The van der Waals surface area contributed by atoms with Crippen molar-refractivity contribution in [3.05, 3.63) is 71.4 Å². The van der Waals surface area contributed by atoms with Crippen molar-refractivity contribution in [2.24, 2.45) is 5.41 Å². The van der Waals surface area contributed by atoms with E-state index in [1.54, 1.807) is 6.07 Å². The molecule has 2 aromatic carbocycles. The van der Waals surface area contributed by atoms with Gasteiger partial charge in [0, 0.05) is 22.7 Å². The van der Waals surface area contributed by atoms with Gasteiger partial charge in [0.05, 0.1) is 36.1 Å². The van der Waals surface area contributed by atoms with Crippen molar-refractivity contribution in [3.8, 4) is 28.3 Å². The van der Waals surface area contributed by atoms with E-state index >= 15 is 0 Å². The molecule has 1 aliphatic rings. The zero-order chi connectivity index (χ0) is 24.2. The van der Waals surface area contributed by atoms with Gasteiger partial charge in [0.15, 0.2) is 5.65 Å². The molecule has 0 amide bonds. The molecule has 0 bridgehead atoms. The Morgan fingerprint density at radius 1 is 1.09 bits per heavy atom. The fourth-order valence-corrected chi connectivity index (χ4v) is 4.42. The van der Waals surface area contributed by atoms with Crippen molar-refractivity contribution in [1.82, 2.24) is 24.6 Å². The van der Waals surface area contributed by atoms with Crippen molar-refractivity contribution >= 4 is 28.3 Å². The minimum atomic E-state index is -0.522. The molecule has 5 aromatic rings. The van der Waals surface area contributed by atoms with Crippen LogP contribution in [0.1, 0.15) is 12.6 Å². The molecule has 0 radical (unpaired) electrons. The summed E-state index contributed by atoms with van der Waals surface area (Å²) in [5.41, 5.74) is 5.26. The Hall–Kier alpha value is -3.62. The van der Waals surface area contributed by atoms with Gasteiger partial charge in [-0.1, -0.05) is 24.6 Å². The second kappa shape index (κ2) is 8.25. The Morgan fingerprint density at radius 2 is 1.91 bits per heavy atom. The van der Waals surface area contributed by atoms with Crippen molar-refractivity contribution in [3.63, 3.8) is 0 Å². The van der Waals surface area contributed by atoms with Crippen LogP contribution in [0.15, 0.2) is 54.7 Å². The number of aryl methyl sites for hydroxylation is 1. The summed E-state index contributed by atoms with van der Waals surface area (Å²) in [5, 5.41) is 9.34. The van der Waals surface area contributed by atoms with E-state index in [1.807, 2.05) is 47.7 Å². The van der Waals surface area contributed by atoms with E-state index in [0.717, 1.165) is 27.9 Å². The second-order valence-electron chi connectivity index (χ2n) is 9.19. The van der Waals surface area contributed by atoms with Gasteiger partial charge < -0.3 is 9.47 Å². The zero-order valence-corrected chi connectivity index (χ0v) is 19.9. The van der Waals surface area contributed by atoms with Gasteiger partial charge in [-0.3, -0.25) is 4.40 Å². The first-order valence-corrected chi connectivity index (χ1v) is 11.6. The van der Waals surface area contributed by atoms with Crippen LogP contribution in [-0.4, -0.2) is 44.4 Å². The largest absolute Gasteiger partial charge is 0.493 e. The predicted molar refractivity (Wildman–Crippen MR) is 131 cm³/mol. The number of benzene rings is 2. The first-order chi connectivity index (χ1) is 16.9. The lowest BCUT2D eigenvalue weighted by Crippen LogP contribution is -2.44. The smallest absolute Gasteiger partial charge is 0.212 e. The third kappa shape index (κ3) is 3.88. The molecule has 35 heavy (non-hydrogen) atoms. The molecular formula is C26H21ClFN5O2. The van der Waals surface area contributed by atoms with Crippen LogP contribution in [-0.2, 0) is 4.74 Å². The molecule has 0 aliphatic carbocycles. The van der Waals surface area contributed by atoms with Gasteiger partial charge in [0.25, 0.3) is 0 Å². The van der Waals surface area contributed by atoms with Crippen LogP contribution < -0.4 is 4.74 Å². The molecule has 0 unspecified atom stereocenters. The molecule has 0 atom stereocenters. The number of imidazole rings is 1. The fraction of sp³-hybridized carbons (Fsp3) is 0.231. The maximum absolute atomic E-state index is 13.4. The average Bonchev–Trinajstić information content (AvgIpc) is 3.19. The van der Waals surface area contributed by atoms with Crippen LogP contribution in [0.2, 0.25) is 5.02 Å². The average molecular weight is 490 g/mol. The summed E-state index contributed by atoms with van der Waals surface area (Å²) in [7, 11) is 0. The molecule has 0 saturated carbocycles. The van der Waals surface area contributed by atoms with Crippen molar-refractivity contribution < 1.29 is 13.9 Å². The van der Waals surface area contributed by atoms with Crippen LogP contribution in [0, 0.1) is 18.3 Å². The Morgan fingerprint density at radius 3 is 2.66 bits per heavy atom. The number of aromatic nitrogens is 5. The van der Waals surface area contributed by atoms with Gasteiger partial charge in [-0.2, -0.15) is 4.39 Å². The third-order valence-corrected chi connectivity index (χ3v) is 6.55. The monoisotopic (exact) mass is 489 g/mol. The normalized spacial score (nSPS) is 14.9. The lowest BCUT2D eigenvalue weighted by molar-refractivity contribution is -0.120. The van der Waals surface area contributed by atoms with Crippen LogP contribution in [0.5, 0.6) is 5.75 Å². The van der Waals surface area contributed by atoms with Gasteiger partial charge in [-0.25, -0.2) is 9.97 Å². The Balaban J connectivity index is 1.49. The molecule has 7 nitrogen and oxygen atoms in total. The highest BCUT2D eigenvalue weighted by molar-refractivity contribution is 6.33. The van der Waals surface area contributed by atoms with Crippen LogP contribution >= 0.6 is 11.6 Å². The van der Waals surface area contributed by atoms with Crippen molar-refractivity contribution in [1.29, 1.82) is 0 Å². The summed E-state index contributed by atoms with van der Waals surface area (Å²) in [6.45, 7) is 5.96. The molecule has 0 spiro atoms. The highest BCUT2D eigenvalue weighted by atomic mass is 35.5. The molecule has 1 fully saturated rings. The highest BCUT2D eigenvalue weighted by Gasteiger charge is 2.34. The number of nitrogens with zero attached hydrogens (tertiary/aromatic N) is 5. The van der Waals surface area contributed by atoms with E-state index in [0.29, 0.717) is 47.6 Å². The van der Waals surface area contributed by atoms with E-state index in [1.165, 1.54) is 12.3 Å². The Labute approximate surface area is 205 Å². The summed E-state index contributed by atoms with van der Waals surface area (Å²) in [6.07, 6.45) is 1.51. The minimum absolute atomic E-state index is 0.0216. The number of halogens is 2.